The highest BCUT2D eigenvalue weighted by Gasteiger charge is 2.07. The van der Waals surface area contributed by atoms with Gasteiger partial charge in [0.25, 0.3) is 5.91 Å². The summed E-state index contributed by atoms with van der Waals surface area (Å²) in [6, 6.07) is 8.48. The van der Waals surface area contributed by atoms with E-state index in [1.54, 1.807) is 24.3 Å². The first-order valence-corrected chi connectivity index (χ1v) is 5.73. The number of pyridine rings is 1. The maximum atomic E-state index is 11.9. The molecule has 2 rings (SSSR count). The van der Waals surface area contributed by atoms with E-state index in [0.29, 0.717) is 22.1 Å². The van der Waals surface area contributed by atoms with Crippen molar-refractivity contribution in [3.05, 3.63) is 52.8 Å². The summed E-state index contributed by atoms with van der Waals surface area (Å²) in [4.78, 5) is 15.8. The molecule has 5 heteroatoms. The quantitative estimate of drug-likeness (QED) is 0.645. The minimum absolute atomic E-state index is 0.231. The Labute approximate surface area is 110 Å². The van der Waals surface area contributed by atoms with E-state index >= 15 is 0 Å². The van der Waals surface area contributed by atoms with Crippen molar-refractivity contribution in [1.82, 2.24) is 4.98 Å². The molecule has 1 aromatic carbocycles. The van der Waals surface area contributed by atoms with E-state index in [4.69, 9.17) is 17.3 Å². The molecule has 0 spiro atoms. The van der Waals surface area contributed by atoms with Crippen LogP contribution in [0.25, 0.3) is 0 Å². The lowest BCUT2D eigenvalue weighted by Crippen LogP contribution is -2.12. The first kappa shape index (κ1) is 12.4. The number of hydrogen-bond acceptors (Lipinski definition) is 3. The number of aryl methyl sites for hydroxylation is 1. The molecule has 0 aliphatic rings. The zero-order valence-corrected chi connectivity index (χ0v) is 10.5. The monoisotopic (exact) mass is 261 g/mol. The van der Waals surface area contributed by atoms with Gasteiger partial charge in [-0.2, -0.15) is 0 Å². The maximum absolute atomic E-state index is 11.9. The van der Waals surface area contributed by atoms with E-state index in [1.807, 2.05) is 13.0 Å². The van der Waals surface area contributed by atoms with Gasteiger partial charge in [0.15, 0.2) is 0 Å². The van der Waals surface area contributed by atoms with Gasteiger partial charge in [-0.15, -0.1) is 0 Å². The molecule has 2 aromatic rings. The molecule has 0 saturated heterocycles. The highest BCUT2D eigenvalue weighted by Crippen LogP contribution is 2.15. The Balaban J connectivity index is 2.16. The standard InChI is InChI=1S/C13H12ClN3O/c1-8-2-3-9(6-11(8)15)13(18)17-10-4-5-12(14)16-7-10/h2-7H,15H2,1H3,(H,17,18). The molecule has 0 aliphatic heterocycles. The number of nitrogens with one attached hydrogen (secondary N) is 1. The van der Waals surface area contributed by atoms with Crippen LogP contribution in [-0.2, 0) is 0 Å². The highest BCUT2D eigenvalue weighted by molar-refractivity contribution is 6.29. The third-order valence-electron chi connectivity index (χ3n) is 2.53. The average molecular weight is 262 g/mol. The number of aromatic nitrogens is 1. The lowest BCUT2D eigenvalue weighted by molar-refractivity contribution is 0.102. The van der Waals surface area contributed by atoms with Crippen LogP contribution in [0.15, 0.2) is 36.5 Å². The van der Waals surface area contributed by atoms with Crippen LogP contribution in [-0.4, -0.2) is 10.9 Å². The van der Waals surface area contributed by atoms with Crippen molar-refractivity contribution < 1.29 is 4.79 Å². The normalized spacial score (nSPS) is 10.1. The molecular weight excluding hydrogens is 250 g/mol. The SMILES string of the molecule is Cc1ccc(C(=O)Nc2ccc(Cl)nc2)cc1N. The second-order valence-electron chi connectivity index (χ2n) is 3.90. The lowest BCUT2D eigenvalue weighted by atomic mass is 10.1. The number of carbonyl (C=O) groups is 1. The van der Waals surface area contributed by atoms with Gasteiger partial charge in [0.1, 0.15) is 5.15 Å². The molecule has 4 nitrogen and oxygen atoms in total. The highest BCUT2D eigenvalue weighted by atomic mass is 35.5. The van der Waals surface area contributed by atoms with Crippen molar-refractivity contribution in [2.75, 3.05) is 11.1 Å². The topological polar surface area (TPSA) is 68.0 Å². The lowest BCUT2D eigenvalue weighted by Gasteiger charge is -2.06. The van der Waals surface area contributed by atoms with Gasteiger partial charge in [-0.25, -0.2) is 4.98 Å². The number of halogens is 1. The summed E-state index contributed by atoms with van der Waals surface area (Å²) in [5.74, 6) is -0.231. The number of rotatable bonds is 2. The van der Waals surface area contributed by atoms with Gasteiger partial charge in [-0.1, -0.05) is 17.7 Å². The fourth-order valence-electron chi connectivity index (χ4n) is 1.43. The van der Waals surface area contributed by atoms with E-state index in [0.717, 1.165) is 5.56 Å². The molecule has 0 bridgehead atoms. The second kappa shape index (κ2) is 5.06. The predicted molar refractivity (Wildman–Crippen MR) is 72.8 cm³/mol. The first-order valence-electron chi connectivity index (χ1n) is 5.35. The van der Waals surface area contributed by atoms with Gasteiger partial charge in [-0.3, -0.25) is 4.79 Å². The number of nitrogen functional groups attached to an aromatic ring is 1. The Kier molecular flexibility index (Phi) is 3.48. The van der Waals surface area contributed by atoms with Crippen molar-refractivity contribution in [1.29, 1.82) is 0 Å². The minimum atomic E-state index is -0.231. The summed E-state index contributed by atoms with van der Waals surface area (Å²) < 4.78 is 0. The van der Waals surface area contributed by atoms with Crippen molar-refractivity contribution in [3.8, 4) is 0 Å². The molecule has 0 aliphatic carbocycles. The molecule has 92 valence electrons. The molecule has 0 fully saturated rings. The van der Waals surface area contributed by atoms with Crippen LogP contribution in [0.1, 0.15) is 15.9 Å². The molecule has 1 heterocycles. The molecule has 0 saturated carbocycles. The third-order valence-corrected chi connectivity index (χ3v) is 2.75. The van der Waals surface area contributed by atoms with Crippen LogP contribution in [0, 0.1) is 6.92 Å². The maximum Gasteiger partial charge on any atom is 0.255 e. The second-order valence-corrected chi connectivity index (χ2v) is 4.28. The summed E-state index contributed by atoms with van der Waals surface area (Å²) in [6.45, 7) is 1.89. The summed E-state index contributed by atoms with van der Waals surface area (Å²) >= 11 is 5.66. The Hall–Kier alpha value is -2.07. The van der Waals surface area contributed by atoms with Gasteiger partial charge in [-0.05, 0) is 36.8 Å². The van der Waals surface area contributed by atoms with E-state index < -0.39 is 0 Å². The van der Waals surface area contributed by atoms with Gasteiger partial charge in [0.2, 0.25) is 0 Å². The largest absolute Gasteiger partial charge is 0.398 e. The Bertz CT molecular complexity index is 581. The van der Waals surface area contributed by atoms with Gasteiger partial charge < -0.3 is 11.1 Å². The molecular formula is C13H12ClN3O. The fourth-order valence-corrected chi connectivity index (χ4v) is 1.55. The predicted octanol–water partition coefficient (Wildman–Crippen LogP) is 2.88. The number of amides is 1. The molecule has 18 heavy (non-hydrogen) atoms. The van der Waals surface area contributed by atoms with E-state index in [-0.39, 0.29) is 5.91 Å². The Morgan fingerprint density at radius 2 is 2.11 bits per heavy atom. The van der Waals surface area contributed by atoms with E-state index in [2.05, 4.69) is 10.3 Å². The van der Waals surface area contributed by atoms with Gasteiger partial charge in [0.05, 0.1) is 11.9 Å². The van der Waals surface area contributed by atoms with Crippen LogP contribution < -0.4 is 11.1 Å². The van der Waals surface area contributed by atoms with Crippen molar-refractivity contribution in [2.45, 2.75) is 6.92 Å². The first-order chi connectivity index (χ1) is 8.56. The molecule has 0 unspecified atom stereocenters. The smallest absolute Gasteiger partial charge is 0.255 e. The average Bonchev–Trinajstić information content (AvgIpc) is 2.35. The number of carbonyl (C=O) groups excluding carboxylic acids is 1. The summed E-state index contributed by atoms with van der Waals surface area (Å²) in [6.07, 6.45) is 1.50. The summed E-state index contributed by atoms with van der Waals surface area (Å²) in [5, 5.41) is 3.10. The fraction of sp³-hybridized carbons (Fsp3) is 0.0769. The van der Waals surface area contributed by atoms with Crippen LogP contribution in [0.3, 0.4) is 0 Å². The van der Waals surface area contributed by atoms with Crippen LogP contribution in [0.2, 0.25) is 5.15 Å². The van der Waals surface area contributed by atoms with Crippen LogP contribution in [0.4, 0.5) is 11.4 Å². The van der Waals surface area contributed by atoms with Crippen molar-refractivity contribution >= 4 is 28.9 Å². The molecule has 0 atom stereocenters. The molecule has 1 amide bonds. The third kappa shape index (κ3) is 2.78. The number of nitrogens with two attached hydrogens (primary N) is 1. The van der Waals surface area contributed by atoms with E-state index in [1.165, 1.54) is 6.20 Å². The zero-order chi connectivity index (χ0) is 13.1. The molecule has 1 aromatic heterocycles. The zero-order valence-electron chi connectivity index (χ0n) is 9.77. The van der Waals surface area contributed by atoms with Gasteiger partial charge >= 0.3 is 0 Å². The summed E-state index contributed by atoms with van der Waals surface area (Å²) in [7, 11) is 0. The number of nitrogens with zero attached hydrogens (tertiary/aromatic N) is 1. The number of anilines is 2. The number of benzene rings is 1. The van der Waals surface area contributed by atoms with Crippen LogP contribution >= 0.6 is 11.6 Å². The Morgan fingerprint density at radius 1 is 1.33 bits per heavy atom. The van der Waals surface area contributed by atoms with Crippen molar-refractivity contribution in [2.24, 2.45) is 0 Å². The number of hydrogen-bond donors (Lipinski definition) is 2. The van der Waals surface area contributed by atoms with E-state index in [9.17, 15) is 4.79 Å². The Morgan fingerprint density at radius 3 is 2.72 bits per heavy atom. The van der Waals surface area contributed by atoms with Crippen molar-refractivity contribution in [3.63, 3.8) is 0 Å². The molecule has 3 N–H and O–H groups in total. The summed E-state index contributed by atoms with van der Waals surface area (Å²) in [5.41, 5.74) is 8.39. The minimum Gasteiger partial charge on any atom is -0.398 e. The molecule has 0 radical (unpaired) electrons. The van der Waals surface area contributed by atoms with Gasteiger partial charge in [0, 0.05) is 11.3 Å². The van der Waals surface area contributed by atoms with Crippen LogP contribution in [0.5, 0.6) is 0 Å².